The molecule has 1 heterocycles. The van der Waals surface area contributed by atoms with E-state index in [9.17, 15) is 8.78 Å². The summed E-state index contributed by atoms with van der Waals surface area (Å²) in [5, 5.41) is 0.465. The highest BCUT2D eigenvalue weighted by molar-refractivity contribution is 9.08. The maximum atomic E-state index is 12.4. The molecule has 0 atom stereocenters. The largest absolute Gasteiger partial charge is 0.397 e. The zero-order valence-electron chi connectivity index (χ0n) is 7.02. The van der Waals surface area contributed by atoms with Gasteiger partial charge in [0, 0.05) is 5.33 Å². The van der Waals surface area contributed by atoms with Gasteiger partial charge in [0.05, 0.1) is 11.9 Å². The number of rotatable bonds is 2. The second-order valence-electron chi connectivity index (χ2n) is 2.64. The molecule has 0 spiro atoms. The van der Waals surface area contributed by atoms with E-state index in [2.05, 4.69) is 20.9 Å². The Hall–Kier alpha value is -0.710. The van der Waals surface area contributed by atoms with E-state index in [1.165, 1.54) is 6.20 Å². The molecule has 0 aliphatic heterocycles. The number of nitrogens with zero attached hydrogens (tertiary/aromatic N) is 1. The molecule has 5 heteroatoms. The molecule has 0 radical (unpaired) electrons. The van der Waals surface area contributed by atoms with Crippen LogP contribution >= 0.6 is 15.9 Å². The maximum absolute atomic E-state index is 12.4. The van der Waals surface area contributed by atoms with E-state index in [-0.39, 0.29) is 5.69 Å². The number of anilines is 1. The number of nitrogen functional groups attached to an aromatic ring is 1. The van der Waals surface area contributed by atoms with E-state index in [1.54, 1.807) is 6.92 Å². The van der Waals surface area contributed by atoms with Crippen LogP contribution in [-0.2, 0) is 5.33 Å². The van der Waals surface area contributed by atoms with Gasteiger partial charge in [0.15, 0.2) is 0 Å². The maximum Gasteiger partial charge on any atom is 0.280 e. The quantitative estimate of drug-likeness (QED) is 0.821. The zero-order valence-corrected chi connectivity index (χ0v) is 8.61. The molecule has 72 valence electrons. The molecule has 1 aromatic rings. The highest BCUT2D eigenvalue weighted by atomic mass is 79.9. The molecule has 13 heavy (non-hydrogen) atoms. The monoisotopic (exact) mass is 250 g/mol. The van der Waals surface area contributed by atoms with Crippen molar-refractivity contribution >= 4 is 21.6 Å². The summed E-state index contributed by atoms with van der Waals surface area (Å²) in [6, 6.07) is 0. The van der Waals surface area contributed by atoms with Crippen LogP contribution in [0, 0.1) is 6.92 Å². The molecule has 1 aromatic heterocycles. The fraction of sp³-hybridized carbons (Fsp3) is 0.375. The van der Waals surface area contributed by atoms with E-state index >= 15 is 0 Å². The fourth-order valence-electron chi connectivity index (χ4n) is 1.08. The fourth-order valence-corrected chi connectivity index (χ4v) is 1.83. The summed E-state index contributed by atoms with van der Waals surface area (Å²) in [7, 11) is 0. The van der Waals surface area contributed by atoms with Gasteiger partial charge in [0.25, 0.3) is 6.43 Å². The van der Waals surface area contributed by atoms with Crippen LogP contribution in [0.5, 0.6) is 0 Å². The minimum atomic E-state index is -2.54. The van der Waals surface area contributed by atoms with E-state index < -0.39 is 6.43 Å². The molecule has 0 saturated carbocycles. The molecule has 0 aromatic carbocycles. The summed E-state index contributed by atoms with van der Waals surface area (Å²) >= 11 is 3.19. The number of halogens is 3. The first-order valence-corrected chi connectivity index (χ1v) is 4.78. The summed E-state index contributed by atoms with van der Waals surface area (Å²) in [5.41, 5.74) is 6.97. The summed E-state index contributed by atoms with van der Waals surface area (Å²) in [5.74, 6) is 0. The molecule has 0 amide bonds. The Labute approximate surface area is 83.3 Å². The van der Waals surface area contributed by atoms with Crippen molar-refractivity contribution in [1.29, 1.82) is 0 Å². The van der Waals surface area contributed by atoms with Gasteiger partial charge in [0.1, 0.15) is 5.69 Å². The normalized spacial score (nSPS) is 10.8. The van der Waals surface area contributed by atoms with Gasteiger partial charge < -0.3 is 5.73 Å². The zero-order chi connectivity index (χ0) is 10.0. The van der Waals surface area contributed by atoms with E-state index in [1.807, 2.05) is 0 Å². The lowest BCUT2D eigenvalue weighted by atomic mass is 10.1. The van der Waals surface area contributed by atoms with Crippen molar-refractivity contribution < 1.29 is 8.78 Å². The van der Waals surface area contributed by atoms with Gasteiger partial charge in [-0.3, -0.25) is 4.98 Å². The van der Waals surface area contributed by atoms with E-state index in [0.29, 0.717) is 22.1 Å². The van der Waals surface area contributed by atoms with Crippen LogP contribution in [0.4, 0.5) is 14.5 Å². The van der Waals surface area contributed by atoms with Crippen molar-refractivity contribution in [1.82, 2.24) is 4.98 Å². The number of aromatic nitrogens is 1. The van der Waals surface area contributed by atoms with Crippen molar-refractivity contribution in [3.8, 4) is 0 Å². The number of alkyl halides is 3. The second kappa shape index (κ2) is 4.00. The van der Waals surface area contributed by atoms with Crippen molar-refractivity contribution in [2.75, 3.05) is 5.73 Å². The third-order valence-corrected chi connectivity index (χ3v) is 2.43. The molecule has 0 aliphatic rings. The Morgan fingerprint density at radius 2 is 2.23 bits per heavy atom. The Kier molecular flexibility index (Phi) is 3.19. The molecule has 0 bridgehead atoms. The van der Waals surface area contributed by atoms with Crippen LogP contribution in [0.15, 0.2) is 6.20 Å². The van der Waals surface area contributed by atoms with Crippen molar-refractivity contribution in [2.45, 2.75) is 18.7 Å². The average molecular weight is 251 g/mol. The van der Waals surface area contributed by atoms with Gasteiger partial charge >= 0.3 is 0 Å². The highest BCUT2D eigenvalue weighted by Gasteiger charge is 2.15. The molecule has 0 saturated heterocycles. The van der Waals surface area contributed by atoms with Crippen LogP contribution in [0.2, 0.25) is 0 Å². The smallest absolute Gasteiger partial charge is 0.280 e. The van der Waals surface area contributed by atoms with Crippen LogP contribution in [0.25, 0.3) is 0 Å². The van der Waals surface area contributed by atoms with E-state index in [0.717, 1.165) is 0 Å². The van der Waals surface area contributed by atoms with Crippen molar-refractivity contribution in [3.05, 3.63) is 23.0 Å². The topological polar surface area (TPSA) is 38.9 Å². The van der Waals surface area contributed by atoms with Gasteiger partial charge in [-0.25, -0.2) is 8.78 Å². The van der Waals surface area contributed by atoms with Crippen molar-refractivity contribution in [2.24, 2.45) is 0 Å². The average Bonchev–Trinajstić information content (AvgIpc) is 2.04. The molecule has 0 unspecified atom stereocenters. The predicted molar refractivity (Wildman–Crippen MR) is 51.0 cm³/mol. The summed E-state index contributed by atoms with van der Waals surface area (Å²) in [4.78, 5) is 3.59. The van der Waals surface area contributed by atoms with Crippen LogP contribution < -0.4 is 5.73 Å². The van der Waals surface area contributed by atoms with Gasteiger partial charge in [-0.2, -0.15) is 0 Å². The number of nitrogens with two attached hydrogens (primary N) is 1. The Bertz CT molecular complexity index is 315. The lowest BCUT2D eigenvalue weighted by molar-refractivity contribution is 0.145. The number of pyridine rings is 1. The highest BCUT2D eigenvalue weighted by Crippen LogP contribution is 2.27. The molecule has 0 aliphatic carbocycles. The molecule has 0 fully saturated rings. The van der Waals surface area contributed by atoms with Crippen LogP contribution in [0.3, 0.4) is 0 Å². The predicted octanol–water partition coefficient (Wildman–Crippen LogP) is 2.80. The van der Waals surface area contributed by atoms with E-state index in [4.69, 9.17) is 5.73 Å². The van der Waals surface area contributed by atoms with Gasteiger partial charge in [-0.15, -0.1) is 0 Å². The van der Waals surface area contributed by atoms with Crippen LogP contribution in [-0.4, -0.2) is 4.98 Å². The minimum absolute atomic E-state index is 0.191. The standard InChI is InChI=1S/C8H9BrF2N2/c1-4-5(2-9)6(12)3-13-7(4)8(10)11/h3,8H,2,12H2,1H3. The number of hydrogen-bond acceptors (Lipinski definition) is 2. The molecular formula is C8H9BrF2N2. The minimum Gasteiger partial charge on any atom is -0.397 e. The molecule has 2 nitrogen and oxygen atoms in total. The lowest BCUT2D eigenvalue weighted by Gasteiger charge is -2.09. The SMILES string of the molecule is Cc1c(C(F)F)ncc(N)c1CBr. The lowest BCUT2D eigenvalue weighted by Crippen LogP contribution is -2.02. The first kappa shape index (κ1) is 10.4. The third-order valence-electron chi connectivity index (χ3n) is 1.87. The van der Waals surface area contributed by atoms with Crippen molar-refractivity contribution in [3.63, 3.8) is 0 Å². The van der Waals surface area contributed by atoms with Gasteiger partial charge in [0.2, 0.25) is 0 Å². The Morgan fingerprint density at radius 3 is 2.69 bits per heavy atom. The summed E-state index contributed by atoms with van der Waals surface area (Å²) in [6.45, 7) is 1.60. The molecular weight excluding hydrogens is 242 g/mol. The first-order chi connectivity index (χ1) is 6.07. The Balaban J connectivity index is 3.27. The third kappa shape index (κ3) is 1.96. The van der Waals surface area contributed by atoms with Gasteiger partial charge in [-0.1, -0.05) is 15.9 Å². The van der Waals surface area contributed by atoms with Crippen LogP contribution in [0.1, 0.15) is 23.2 Å². The summed E-state index contributed by atoms with van der Waals surface area (Å²) in [6.07, 6.45) is -1.27. The second-order valence-corrected chi connectivity index (χ2v) is 3.20. The molecule has 1 rings (SSSR count). The van der Waals surface area contributed by atoms with Gasteiger partial charge in [-0.05, 0) is 18.1 Å². The first-order valence-electron chi connectivity index (χ1n) is 3.66. The molecule has 2 N–H and O–H groups in total. The Morgan fingerprint density at radius 1 is 1.62 bits per heavy atom. The summed E-state index contributed by atoms with van der Waals surface area (Å²) < 4.78 is 24.7. The number of hydrogen-bond donors (Lipinski definition) is 1.